The van der Waals surface area contributed by atoms with Crippen LogP contribution < -0.4 is 5.32 Å². The average Bonchev–Trinajstić information content (AvgIpc) is 2.66. The highest BCUT2D eigenvalue weighted by atomic mass is 16.6. The molecule has 1 aliphatic rings. The van der Waals surface area contributed by atoms with E-state index in [0.29, 0.717) is 0 Å². The molecule has 112 valence electrons. The number of amides is 1. The standard InChI is InChI=1S/C17H16N2O3/c1-10(20)18-15-9-14-12(8-16(15)19(21)22)11-6-4-5-7-13(11)17(14,2)3/h4-9H,1-3H3,(H,18,20). The van der Waals surface area contributed by atoms with Crippen LogP contribution in [-0.2, 0) is 10.2 Å². The van der Waals surface area contributed by atoms with Gasteiger partial charge in [-0.25, -0.2) is 0 Å². The smallest absolute Gasteiger partial charge is 0.293 e. The van der Waals surface area contributed by atoms with Gasteiger partial charge >= 0.3 is 0 Å². The molecule has 1 aliphatic carbocycles. The van der Waals surface area contributed by atoms with Crippen LogP contribution in [0, 0.1) is 10.1 Å². The maximum atomic E-state index is 11.3. The number of nitro groups is 1. The van der Waals surface area contributed by atoms with E-state index in [9.17, 15) is 14.9 Å². The summed E-state index contributed by atoms with van der Waals surface area (Å²) in [6.45, 7) is 5.51. The first kappa shape index (κ1) is 14.3. The summed E-state index contributed by atoms with van der Waals surface area (Å²) in [6, 6.07) is 11.2. The zero-order valence-electron chi connectivity index (χ0n) is 12.6. The van der Waals surface area contributed by atoms with Crippen LogP contribution in [0.2, 0.25) is 0 Å². The second kappa shape index (κ2) is 4.66. The number of carbonyl (C=O) groups is 1. The minimum absolute atomic E-state index is 0.0820. The van der Waals surface area contributed by atoms with E-state index in [4.69, 9.17) is 0 Å². The largest absolute Gasteiger partial charge is 0.321 e. The van der Waals surface area contributed by atoms with Gasteiger partial charge < -0.3 is 5.32 Å². The Hall–Kier alpha value is -2.69. The van der Waals surface area contributed by atoms with Crippen LogP contribution in [0.3, 0.4) is 0 Å². The minimum atomic E-state index is -0.459. The van der Waals surface area contributed by atoms with Crippen molar-refractivity contribution in [1.82, 2.24) is 0 Å². The predicted octanol–water partition coefficient (Wildman–Crippen LogP) is 3.86. The maximum absolute atomic E-state index is 11.3. The molecular weight excluding hydrogens is 280 g/mol. The molecule has 3 rings (SSSR count). The van der Waals surface area contributed by atoms with Crippen LogP contribution in [0.25, 0.3) is 11.1 Å². The Labute approximate surface area is 128 Å². The molecule has 0 bridgehead atoms. The molecule has 0 heterocycles. The van der Waals surface area contributed by atoms with Gasteiger partial charge in [-0.05, 0) is 28.3 Å². The van der Waals surface area contributed by atoms with E-state index in [0.717, 1.165) is 22.3 Å². The van der Waals surface area contributed by atoms with Gasteiger partial charge in [0.05, 0.1) is 4.92 Å². The van der Waals surface area contributed by atoms with Crippen molar-refractivity contribution in [3.8, 4) is 11.1 Å². The second-order valence-electron chi connectivity index (χ2n) is 6.02. The highest BCUT2D eigenvalue weighted by molar-refractivity contribution is 5.94. The first-order chi connectivity index (χ1) is 10.3. The lowest BCUT2D eigenvalue weighted by atomic mass is 9.82. The normalized spacial score (nSPS) is 14.1. The summed E-state index contributed by atoms with van der Waals surface area (Å²) in [5.74, 6) is -0.323. The van der Waals surface area contributed by atoms with Gasteiger partial charge in [-0.3, -0.25) is 14.9 Å². The molecule has 22 heavy (non-hydrogen) atoms. The molecule has 0 atom stereocenters. The summed E-state index contributed by atoms with van der Waals surface area (Å²) in [4.78, 5) is 22.2. The number of hydrogen-bond acceptors (Lipinski definition) is 3. The van der Waals surface area contributed by atoms with Gasteiger partial charge in [0.15, 0.2) is 0 Å². The molecule has 5 nitrogen and oxygen atoms in total. The lowest BCUT2D eigenvalue weighted by molar-refractivity contribution is -0.383. The molecule has 0 aliphatic heterocycles. The average molecular weight is 296 g/mol. The van der Waals surface area contributed by atoms with Crippen LogP contribution >= 0.6 is 0 Å². The van der Waals surface area contributed by atoms with E-state index < -0.39 is 4.92 Å². The van der Waals surface area contributed by atoms with Crippen LogP contribution in [0.4, 0.5) is 11.4 Å². The van der Waals surface area contributed by atoms with Gasteiger partial charge in [0.1, 0.15) is 5.69 Å². The molecule has 0 saturated heterocycles. The molecule has 2 aromatic rings. The Bertz CT molecular complexity index is 810. The Morgan fingerprint density at radius 2 is 1.82 bits per heavy atom. The highest BCUT2D eigenvalue weighted by Crippen LogP contribution is 2.51. The fourth-order valence-corrected chi connectivity index (χ4v) is 3.18. The highest BCUT2D eigenvalue weighted by Gasteiger charge is 2.37. The van der Waals surface area contributed by atoms with E-state index in [-0.39, 0.29) is 22.7 Å². The molecule has 0 saturated carbocycles. The number of nitrogens with zero attached hydrogens (tertiary/aromatic N) is 1. The lowest BCUT2D eigenvalue weighted by Crippen LogP contribution is -2.16. The van der Waals surface area contributed by atoms with Gasteiger partial charge in [-0.15, -0.1) is 0 Å². The van der Waals surface area contributed by atoms with Crippen molar-refractivity contribution in [3.05, 3.63) is 57.6 Å². The lowest BCUT2D eigenvalue weighted by Gasteiger charge is -2.21. The first-order valence-electron chi connectivity index (χ1n) is 7.02. The van der Waals surface area contributed by atoms with Crippen molar-refractivity contribution in [3.63, 3.8) is 0 Å². The van der Waals surface area contributed by atoms with E-state index in [1.165, 1.54) is 6.92 Å². The molecule has 1 N–H and O–H groups in total. The van der Waals surface area contributed by atoms with Crippen LogP contribution in [-0.4, -0.2) is 10.8 Å². The van der Waals surface area contributed by atoms with Crippen molar-refractivity contribution >= 4 is 17.3 Å². The third kappa shape index (κ3) is 1.97. The maximum Gasteiger partial charge on any atom is 0.293 e. The topological polar surface area (TPSA) is 72.2 Å². The van der Waals surface area contributed by atoms with Crippen molar-refractivity contribution in [1.29, 1.82) is 0 Å². The molecule has 0 spiro atoms. The van der Waals surface area contributed by atoms with E-state index >= 15 is 0 Å². The minimum Gasteiger partial charge on any atom is -0.321 e. The Balaban J connectivity index is 2.30. The zero-order chi connectivity index (χ0) is 16.1. The SMILES string of the molecule is CC(=O)Nc1cc2c(cc1[N+](=O)[O-])-c1ccccc1C2(C)C. The Morgan fingerprint density at radius 1 is 1.14 bits per heavy atom. The second-order valence-corrected chi connectivity index (χ2v) is 6.02. The van der Waals surface area contributed by atoms with Crippen molar-refractivity contribution < 1.29 is 9.72 Å². The Kier molecular flexibility index (Phi) is 3.02. The fraction of sp³-hybridized carbons (Fsp3) is 0.235. The van der Waals surface area contributed by atoms with Gasteiger partial charge in [0.2, 0.25) is 5.91 Å². The molecule has 0 aromatic heterocycles. The number of nitrogens with one attached hydrogen (secondary N) is 1. The summed E-state index contributed by atoms with van der Waals surface area (Å²) >= 11 is 0. The number of anilines is 1. The van der Waals surface area contributed by atoms with Gasteiger partial charge in [0, 0.05) is 18.4 Å². The van der Waals surface area contributed by atoms with E-state index in [1.54, 1.807) is 12.1 Å². The van der Waals surface area contributed by atoms with Crippen molar-refractivity contribution in [2.24, 2.45) is 0 Å². The van der Waals surface area contributed by atoms with Crippen LogP contribution in [0.1, 0.15) is 31.9 Å². The van der Waals surface area contributed by atoms with E-state index in [1.807, 2.05) is 24.3 Å². The summed E-state index contributed by atoms with van der Waals surface area (Å²) in [7, 11) is 0. The quantitative estimate of drug-likeness (QED) is 0.675. The number of benzene rings is 2. The zero-order valence-corrected chi connectivity index (χ0v) is 12.6. The summed E-state index contributed by atoms with van der Waals surface area (Å²) in [5, 5.41) is 13.9. The van der Waals surface area contributed by atoms with Gasteiger partial charge in [0.25, 0.3) is 5.69 Å². The van der Waals surface area contributed by atoms with Crippen LogP contribution in [0.15, 0.2) is 36.4 Å². The molecule has 0 unspecified atom stereocenters. The Morgan fingerprint density at radius 3 is 2.45 bits per heavy atom. The predicted molar refractivity (Wildman–Crippen MR) is 85.0 cm³/mol. The fourth-order valence-electron chi connectivity index (χ4n) is 3.18. The number of hydrogen-bond donors (Lipinski definition) is 1. The summed E-state index contributed by atoms with van der Waals surface area (Å²) < 4.78 is 0. The number of rotatable bonds is 2. The molecular formula is C17H16N2O3. The molecule has 0 fully saturated rings. The molecule has 5 heteroatoms. The van der Waals surface area contributed by atoms with Gasteiger partial charge in [-0.2, -0.15) is 0 Å². The molecule has 2 aromatic carbocycles. The molecule has 0 radical (unpaired) electrons. The van der Waals surface area contributed by atoms with E-state index in [2.05, 4.69) is 19.2 Å². The van der Waals surface area contributed by atoms with Crippen molar-refractivity contribution in [2.75, 3.05) is 5.32 Å². The van der Waals surface area contributed by atoms with Crippen LogP contribution in [0.5, 0.6) is 0 Å². The monoisotopic (exact) mass is 296 g/mol. The number of carbonyl (C=O) groups excluding carboxylic acids is 1. The number of fused-ring (bicyclic) bond motifs is 3. The third-order valence-electron chi connectivity index (χ3n) is 4.21. The van der Waals surface area contributed by atoms with Gasteiger partial charge in [-0.1, -0.05) is 38.1 Å². The van der Waals surface area contributed by atoms with Crippen molar-refractivity contribution in [2.45, 2.75) is 26.2 Å². The molecule has 1 amide bonds. The third-order valence-corrected chi connectivity index (χ3v) is 4.21. The first-order valence-corrected chi connectivity index (χ1v) is 7.02. The summed E-state index contributed by atoms with van der Waals surface area (Å²) in [5.41, 5.74) is 3.91. The summed E-state index contributed by atoms with van der Waals surface area (Å²) in [6.07, 6.45) is 0. The number of nitro benzene ring substituents is 1.